The Labute approximate surface area is 188 Å². The summed E-state index contributed by atoms with van der Waals surface area (Å²) in [7, 11) is -0.793. The van der Waals surface area contributed by atoms with Gasteiger partial charge in [0.25, 0.3) is 0 Å². The standard InChI is InChI=1S/C21H27N7O3S/c29-9-11-31-10-6-22-21-26-17-18(20(27-21)28-7-12-32(30)13-8-28)24-15-25-19(17)23-14-16-4-2-1-3-5-16/h1-5,15,29H,6-14H2,(H,22,26,27)(H,23,24,25). The van der Waals surface area contributed by atoms with Crippen LogP contribution in [-0.4, -0.2) is 80.2 Å². The van der Waals surface area contributed by atoms with Gasteiger partial charge in [-0.25, -0.2) is 15.0 Å². The average molecular weight is 458 g/mol. The van der Waals surface area contributed by atoms with Crippen molar-refractivity contribution in [2.75, 3.05) is 66.5 Å². The first-order chi connectivity index (χ1) is 15.7. The van der Waals surface area contributed by atoms with E-state index < -0.39 is 10.8 Å². The molecule has 0 radical (unpaired) electrons. The Morgan fingerprint density at radius 2 is 1.84 bits per heavy atom. The van der Waals surface area contributed by atoms with Crippen molar-refractivity contribution in [1.82, 2.24) is 19.9 Å². The smallest absolute Gasteiger partial charge is 0.225 e. The highest BCUT2D eigenvalue weighted by Gasteiger charge is 2.22. The molecule has 170 valence electrons. The SMILES string of the molecule is O=S1CCN(c2nc(NCCOCCO)nc3c(NCc4ccccc4)ncnc23)CC1. The molecule has 0 spiro atoms. The molecule has 0 amide bonds. The van der Waals surface area contributed by atoms with Gasteiger partial charge in [-0.05, 0) is 5.56 Å². The number of rotatable bonds is 10. The van der Waals surface area contributed by atoms with Crippen LogP contribution < -0.4 is 15.5 Å². The predicted octanol–water partition coefficient (Wildman–Crippen LogP) is 1.02. The molecule has 0 saturated carbocycles. The average Bonchev–Trinajstić information content (AvgIpc) is 2.83. The van der Waals surface area contributed by atoms with Gasteiger partial charge in [0.05, 0.1) is 19.8 Å². The molecule has 0 aliphatic carbocycles. The molecule has 1 aliphatic rings. The lowest BCUT2D eigenvalue weighted by atomic mass is 10.2. The zero-order chi connectivity index (χ0) is 22.2. The Morgan fingerprint density at radius 1 is 1.03 bits per heavy atom. The monoisotopic (exact) mass is 457 g/mol. The summed E-state index contributed by atoms with van der Waals surface area (Å²) in [5.74, 6) is 2.99. The predicted molar refractivity (Wildman–Crippen MR) is 125 cm³/mol. The summed E-state index contributed by atoms with van der Waals surface area (Å²) in [6.45, 7) is 3.09. The molecule has 1 aromatic carbocycles. The third-order valence-corrected chi connectivity index (χ3v) is 6.28. The normalized spacial score (nSPS) is 14.6. The van der Waals surface area contributed by atoms with Crippen LogP contribution in [0.25, 0.3) is 11.0 Å². The van der Waals surface area contributed by atoms with Crippen LogP contribution in [0.15, 0.2) is 36.7 Å². The van der Waals surface area contributed by atoms with Gasteiger partial charge in [-0.2, -0.15) is 4.98 Å². The lowest BCUT2D eigenvalue weighted by Gasteiger charge is -2.28. The lowest BCUT2D eigenvalue weighted by molar-refractivity contribution is 0.0991. The van der Waals surface area contributed by atoms with Gasteiger partial charge in [-0.3, -0.25) is 4.21 Å². The first-order valence-electron chi connectivity index (χ1n) is 10.6. The highest BCUT2D eigenvalue weighted by Crippen LogP contribution is 2.28. The molecule has 0 unspecified atom stereocenters. The van der Waals surface area contributed by atoms with E-state index >= 15 is 0 Å². The lowest BCUT2D eigenvalue weighted by Crippen LogP contribution is -2.38. The van der Waals surface area contributed by atoms with Gasteiger partial charge < -0.3 is 25.4 Å². The van der Waals surface area contributed by atoms with Crippen LogP contribution in [-0.2, 0) is 22.1 Å². The van der Waals surface area contributed by atoms with Crippen molar-refractivity contribution < 1.29 is 14.1 Å². The molecule has 1 aliphatic heterocycles. The van der Waals surface area contributed by atoms with Crippen LogP contribution in [0.5, 0.6) is 0 Å². The molecule has 3 aromatic rings. The number of hydrogen-bond acceptors (Lipinski definition) is 10. The Balaban J connectivity index is 1.62. The number of benzene rings is 1. The fraction of sp³-hybridized carbons (Fsp3) is 0.429. The molecular weight excluding hydrogens is 430 g/mol. The van der Waals surface area contributed by atoms with Crippen molar-refractivity contribution in [2.24, 2.45) is 0 Å². The molecule has 0 atom stereocenters. The van der Waals surface area contributed by atoms with E-state index in [4.69, 9.17) is 14.8 Å². The van der Waals surface area contributed by atoms with Crippen LogP contribution in [0.2, 0.25) is 0 Å². The van der Waals surface area contributed by atoms with E-state index in [2.05, 4.69) is 30.5 Å². The summed E-state index contributed by atoms with van der Waals surface area (Å²) in [5, 5.41) is 15.4. The summed E-state index contributed by atoms with van der Waals surface area (Å²) in [6, 6.07) is 10.1. The minimum atomic E-state index is -0.793. The number of fused-ring (bicyclic) bond motifs is 1. The van der Waals surface area contributed by atoms with E-state index in [1.54, 1.807) is 0 Å². The highest BCUT2D eigenvalue weighted by molar-refractivity contribution is 7.85. The maximum atomic E-state index is 11.8. The molecular formula is C21H27N7O3S. The molecule has 1 saturated heterocycles. The minimum Gasteiger partial charge on any atom is -0.394 e. The van der Waals surface area contributed by atoms with Crippen molar-refractivity contribution in [3.8, 4) is 0 Å². The van der Waals surface area contributed by atoms with Crippen LogP contribution in [0.1, 0.15) is 5.56 Å². The maximum Gasteiger partial charge on any atom is 0.225 e. The molecule has 0 bridgehead atoms. The van der Waals surface area contributed by atoms with E-state index in [0.29, 0.717) is 72.9 Å². The highest BCUT2D eigenvalue weighted by atomic mass is 32.2. The number of hydrogen-bond donors (Lipinski definition) is 3. The van der Waals surface area contributed by atoms with E-state index in [1.165, 1.54) is 6.33 Å². The maximum absolute atomic E-state index is 11.8. The largest absolute Gasteiger partial charge is 0.394 e. The fourth-order valence-electron chi connectivity index (χ4n) is 3.39. The summed E-state index contributed by atoms with van der Waals surface area (Å²) in [6.07, 6.45) is 1.51. The molecule has 4 rings (SSSR count). The van der Waals surface area contributed by atoms with Crippen molar-refractivity contribution in [3.05, 3.63) is 42.2 Å². The van der Waals surface area contributed by atoms with Gasteiger partial charge >= 0.3 is 0 Å². The van der Waals surface area contributed by atoms with E-state index in [0.717, 1.165) is 5.56 Å². The number of aromatic nitrogens is 4. The molecule has 32 heavy (non-hydrogen) atoms. The van der Waals surface area contributed by atoms with E-state index in [1.807, 2.05) is 30.3 Å². The van der Waals surface area contributed by atoms with Crippen molar-refractivity contribution >= 4 is 39.4 Å². The van der Waals surface area contributed by atoms with Gasteiger partial charge in [-0.1, -0.05) is 30.3 Å². The first kappa shape index (κ1) is 22.3. The number of anilines is 3. The van der Waals surface area contributed by atoms with Gasteiger partial charge in [0.2, 0.25) is 5.95 Å². The Bertz CT molecular complexity index is 1040. The van der Waals surface area contributed by atoms with E-state index in [9.17, 15) is 4.21 Å². The number of nitrogens with zero attached hydrogens (tertiary/aromatic N) is 5. The zero-order valence-electron chi connectivity index (χ0n) is 17.7. The summed E-state index contributed by atoms with van der Waals surface area (Å²) < 4.78 is 17.2. The molecule has 1 fully saturated rings. The van der Waals surface area contributed by atoms with Crippen molar-refractivity contribution in [3.63, 3.8) is 0 Å². The quantitative estimate of drug-likeness (QED) is 0.380. The van der Waals surface area contributed by atoms with Gasteiger partial charge in [0.15, 0.2) is 11.6 Å². The van der Waals surface area contributed by atoms with Gasteiger partial charge in [0, 0.05) is 48.5 Å². The summed E-state index contributed by atoms with van der Waals surface area (Å²) in [4.78, 5) is 20.4. The number of ether oxygens (including phenoxy) is 1. The van der Waals surface area contributed by atoms with Gasteiger partial charge in [0.1, 0.15) is 17.4 Å². The Morgan fingerprint density at radius 3 is 2.62 bits per heavy atom. The van der Waals surface area contributed by atoms with E-state index in [-0.39, 0.29) is 13.2 Å². The van der Waals surface area contributed by atoms with Crippen LogP contribution in [0.4, 0.5) is 17.6 Å². The van der Waals surface area contributed by atoms with Crippen molar-refractivity contribution in [1.29, 1.82) is 0 Å². The molecule has 2 aromatic heterocycles. The topological polar surface area (TPSA) is 125 Å². The number of nitrogens with one attached hydrogen (secondary N) is 2. The molecule has 3 N–H and O–H groups in total. The van der Waals surface area contributed by atoms with Crippen LogP contribution >= 0.6 is 0 Å². The third-order valence-electron chi connectivity index (χ3n) is 5.01. The van der Waals surface area contributed by atoms with Crippen LogP contribution in [0.3, 0.4) is 0 Å². The zero-order valence-corrected chi connectivity index (χ0v) is 18.6. The Kier molecular flexibility index (Phi) is 7.75. The number of aliphatic hydroxyl groups is 1. The van der Waals surface area contributed by atoms with Crippen molar-refractivity contribution in [2.45, 2.75) is 6.54 Å². The minimum absolute atomic E-state index is 0.0132. The third kappa shape index (κ3) is 5.67. The van der Waals surface area contributed by atoms with Gasteiger partial charge in [-0.15, -0.1) is 0 Å². The van der Waals surface area contributed by atoms with Crippen LogP contribution in [0, 0.1) is 0 Å². The second-order valence-electron chi connectivity index (χ2n) is 7.23. The molecule has 11 heteroatoms. The Hall–Kier alpha value is -2.89. The molecule has 3 heterocycles. The number of aliphatic hydroxyl groups excluding tert-OH is 1. The molecule has 10 nitrogen and oxygen atoms in total. The summed E-state index contributed by atoms with van der Waals surface area (Å²) in [5.41, 5.74) is 2.41. The second-order valence-corrected chi connectivity index (χ2v) is 8.92. The first-order valence-corrected chi connectivity index (χ1v) is 12.1. The fourth-order valence-corrected chi connectivity index (χ4v) is 4.45. The summed E-state index contributed by atoms with van der Waals surface area (Å²) >= 11 is 0. The second kappa shape index (κ2) is 11.1.